The van der Waals surface area contributed by atoms with Crippen LogP contribution < -0.4 is 5.32 Å². The van der Waals surface area contributed by atoms with Crippen LogP contribution in [0.3, 0.4) is 0 Å². The molecule has 4 rings (SSSR count). The van der Waals surface area contributed by atoms with Gasteiger partial charge in [0.25, 0.3) is 5.91 Å². The largest absolute Gasteiger partial charge is 0.359 e. The van der Waals surface area contributed by atoms with Gasteiger partial charge in [-0.05, 0) is 38.3 Å². The molecule has 0 aliphatic carbocycles. The van der Waals surface area contributed by atoms with Crippen LogP contribution in [0, 0.1) is 5.41 Å². The third-order valence-corrected chi connectivity index (χ3v) is 6.46. The molecule has 30 heavy (non-hydrogen) atoms. The smallest absolute Gasteiger partial charge is 0.261 e. The van der Waals surface area contributed by atoms with E-state index in [2.05, 4.69) is 15.4 Å². The number of rotatable bonds is 5. The first kappa shape index (κ1) is 20.6. The molecule has 3 aromatic rings. The standard InChI is InChI=1S/C22H23ClN4O2S/c1-14(25-22(28)19-9-10-20(23)30-19)18-13-17(26-29-18)15-5-7-16(8-6-15)21(24)27-11-3-2-4-12-27/h5-10,13-14,24H,2-4,11-12H2,1H3,(H,25,28)/t14-/m0/s1. The third kappa shape index (κ3) is 4.57. The summed E-state index contributed by atoms with van der Waals surface area (Å²) in [5.41, 5.74) is 2.50. The zero-order valence-corrected chi connectivity index (χ0v) is 18.2. The van der Waals surface area contributed by atoms with Crippen LogP contribution in [0.4, 0.5) is 0 Å². The van der Waals surface area contributed by atoms with Crippen molar-refractivity contribution in [3.8, 4) is 11.3 Å². The Kier molecular flexibility index (Phi) is 6.20. The molecular weight excluding hydrogens is 420 g/mol. The van der Waals surface area contributed by atoms with Crippen molar-refractivity contribution in [3.05, 3.63) is 63.0 Å². The first-order valence-corrected chi connectivity index (χ1v) is 11.2. The number of hydrogen-bond donors (Lipinski definition) is 2. The molecule has 0 spiro atoms. The Balaban J connectivity index is 1.41. The van der Waals surface area contributed by atoms with Crippen molar-refractivity contribution in [1.29, 1.82) is 5.41 Å². The molecule has 1 aromatic carbocycles. The highest BCUT2D eigenvalue weighted by Gasteiger charge is 2.18. The summed E-state index contributed by atoms with van der Waals surface area (Å²) in [5.74, 6) is 0.955. The monoisotopic (exact) mass is 442 g/mol. The number of carbonyl (C=O) groups excluding carboxylic acids is 1. The maximum absolute atomic E-state index is 12.3. The molecule has 1 aliphatic heterocycles. The van der Waals surface area contributed by atoms with Crippen LogP contribution in [0.15, 0.2) is 47.0 Å². The summed E-state index contributed by atoms with van der Waals surface area (Å²) in [6.07, 6.45) is 3.55. The number of piperidine rings is 1. The molecule has 0 bridgehead atoms. The quantitative estimate of drug-likeness (QED) is 0.411. The van der Waals surface area contributed by atoms with Crippen LogP contribution in [0.5, 0.6) is 0 Å². The van der Waals surface area contributed by atoms with Gasteiger partial charge >= 0.3 is 0 Å². The van der Waals surface area contributed by atoms with Gasteiger partial charge in [-0.2, -0.15) is 0 Å². The van der Waals surface area contributed by atoms with Gasteiger partial charge in [-0.15, -0.1) is 11.3 Å². The summed E-state index contributed by atoms with van der Waals surface area (Å²) in [7, 11) is 0. The van der Waals surface area contributed by atoms with Gasteiger partial charge in [-0.25, -0.2) is 0 Å². The summed E-state index contributed by atoms with van der Waals surface area (Å²) >= 11 is 7.13. The Morgan fingerprint density at radius 2 is 1.93 bits per heavy atom. The molecular formula is C22H23ClN4O2S. The number of nitrogens with zero attached hydrogens (tertiary/aromatic N) is 2. The van der Waals surface area contributed by atoms with Gasteiger partial charge in [-0.3, -0.25) is 10.2 Å². The first-order valence-electron chi connectivity index (χ1n) is 9.98. The van der Waals surface area contributed by atoms with Gasteiger partial charge in [0, 0.05) is 30.3 Å². The lowest BCUT2D eigenvalue weighted by molar-refractivity contribution is 0.0938. The van der Waals surface area contributed by atoms with Crippen LogP contribution in [0.25, 0.3) is 11.3 Å². The molecule has 0 unspecified atom stereocenters. The number of hydrogen-bond acceptors (Lipinski definition) is 5. The van der Waals surface area contributed by atoms with Gasteiger partial charge in [0.15, 0.2) is 5.76 Å². The van der Waals surface area contributed by atoms with E-state index in [0.29, 0.717) is 26.5 Å². The number of halogens is 1. The van der Waals surface area contributed by atoms with Crippen molar-refractivity contribution in [3.63, 3.8) is 0 Å². The summed E-state index contributed by atoms with van der Waals surface area (Å²) in [5, 5.41) is 15.5. The minimum absolute atomic E-state index is 0.196. The van der Waals surface area contributed by atoms with Crippen molar-refractivity contribution in [2.75, 3.05) is 13.1 Å². The number of carbonyl (C=O) groups is 1. The normalized spacial score (nSPS) is 15.1. The minimum Gasteiger partial charge on any atom is -0.359 e. The lowest BCUT2D eigenvalue weighted by atomic mass is 10.1. The van der Waals surface area contributed by atoms with Crippen LogP contribution in [-0.2, 0) is 0 Å². The van der Waals surface area contributed by atoms with Gasteiger partial charge in [-0.1, -0.05) is 41.0 Å². The second-order valence-corrected chi connectivity index (χ2v) is 9.10. The van der Waals surface area contributed by atoms with Gasteiger partial charge < -0.3 is 14.7 Å². The van der Waals surface area contributed by atoms with Gasteiger partial charge in [0.1, 0.15) is 11.5 Å². The van der Waals surface area contributed by atoms with Crippen LogP contribution in [0.1, 0.15) is 53.2 Å². The van der Waals surface area contributed by atoms with Crippen LogP contribution in [-0.4, -0.2) is 34.9 Å². The second-order valence-electron chi connectivity index (χ2n) is 7.39. The highest BCUT2D eigenvalue weighted by molar-refractivity contribution is 7.18. The van der Waals surface area contributed by atoms with Crippen molar-refractivity contribution in [1.82, 2.24) is 15.4 Å². The molecule has 156 valence electrons. The summed E-state index contributed by atoms with van der Waals surface area (Å²) in [6.45, 7) is 3.75. The van der Waals surface area contributed by atoms with E-state index in [0.717, 1.165) is 37.1 Å². The Morgan fingerprint density at radius 1 is 1.20 bits per heavy atom. The molecule has 1 fully saturated rings. The molecule has 2 N–H and O–H groups in total. The van der Waals surface area contributed by atoms with E-state index in [1.54, 1.807) is 12.1 Å². The van der Waals surface area contributed by atoms with E-state index in [1.807, 2.05) is 37.3 Å². The maximum Gasteiger partial charge on any atom is 0.261 e. The van der Waals surface area contributed by atoms with Crippen molar-refractivity contribution < 1.29 is 9.32 Å². The first-order chi connectivity index (χ1) is 14.5. The zero-order valence-electron chi connectivity index (χ0n) is 16.7. The molecule has 1 atom stereocenters. The number of amides is 1. The number of thiophene rings is 1. The van der Waals surface area contributed by atoms with Gasteiger partial charge in [0.05, 0.1) is 15.3 Å². The number of benzene rings is 1. The molecule has 0 radical (unpaired) electrons. The van der Waals surface area contributed by atoms with Crippen LogP contribution in [0.2, 0.25) is 4.34 Å². The molecule has 1 amide bonds. The highest BCUT2D eigenvalue weighted by Crippen LogP contribution is 2.25. The molecule has 2 aromatic heterocycles. The number of nitrogens with one attached hydrogen (secondary N) is 2. The maximum atomic E-state index is 12.3. The van der Waals surface area contributed by atoms with E-state index in [-0.39, 0.29) is 11.9 Å². The van der Waals surface area contributed by atoms with Crippen molar-refractivity contribution in [2.24, 2.45) is 0 Å². The molecule has 1 aliphatic rings. The highest BCUT2D eigenvalue weighted by atomic mass is 35.5. The summed E-state index contributed by atoms with van der Waals surface area (Å²) in [4.78, 5) is 15.0. The number of likely N-dealkylation sites (tertiary alicyclic amines) is 1. The minimum atomic E-state index is -0.328. The van der Waals surface area contributed by atoms with E-state index in [4.69, 9.17) is 21.5 Å². The second kappa shape index (κ2) is 9.02. The summed E-state index contributed by atoms with van der Waals surface area (Å²) < 4.78 is 6.03. The Morgan fingerprint density at radius 3 is 2.60 bits per heavy atom. The molecule has 8 heteroatoms. The average molecular weight is 443 g/mol. The Bertz CT molecular complexity index is 1040. The van der Waals surface area contributed by atoms with Crippen LogP contribution >= 0.6 is 22.9 Å². The fraction of sp³-hybridized carbons (Fsp3) is 0.318. The zero-order chi connectivity index (χ0) is 21.1. The molecule has 3 heterocycles. The van der Waals surface area contributed by atoms with Crippen molar-refractivity contribution >= 4 is 34.7 Å². The fourth-order valence-electron chi connectivity index (χ4n) is 3.50. The topological polar surface area (TPSA) is 82.2 Å². The molecule has 0 saturated carbocycles. The Labute approximate surface area is 184 Å². The molecule has 1 saturated heterocycles. The predicted molar refractivity (Wildman–Crippen MR) is 119 cm³/mol. The lowest BCUT2D eigenvalue weighted by Gasteiger charge is -2.29. The number of amidine groups is 1. The van der Waals surface area contributed by atoms with E-state index < -0.39 is 0 Å². The Hall–Kier alpha value is -2.64. The van der Waals surface area contributed by atoms with Gasteiger partial charge in [0.2, 0.25) is 0 Å². The third-order valence-electron chi connectivity index (χ3n) is 5.23. The summed E-state index contributed by atoms with van der Waals surface area (Å²) in [6, 6.07) is 12.7. The van der Waals surface area contributed by atoms with E-state index >= 15 is 0 Å². The fourth-order valence-corrected chi connectivity index (χ4v) is 4.45. The molecule has 6 nitrogen and oxygen atoms in total. The average Bonchev–Trinajstić information content (AvgIpc) is 3.43. The van der Waals surface area contributed by atoms with E-state index in [9.17, 15) is 4.79 Å². The van der Waals surface area contributed by atoms with E-state index in [1.165, 1.54) is 17.8 Å². The van der Waals surface area contributed by atoms with Crippen molar-refractivity contribution in [2.45, 2.75) is 32.2 Å². The SMILES string of the molecule is C[C@H](NC(=O)c1ccc(Cl)s1)c1cc(-c2ccc(C(=N)N3CCCCC3)cc2)no1. The number of aromatic nitrogens is 1. The lowest BCUT2D eigenvalue weighted by Crippen LogP contribution is -2.35. The predicted octanol–water partition coefficient (Wildman–Crippen LogP) is 5.36.